The second-order valence-corrected chi connectivity index (χ2v) is 13.3. The number of aryl methyl sites for hydroxylation is 1. The Morgan fingerprint density at radius 1 is 0.867 bits per heavy atom. The topological polar surface area (TPSA) is 80.3 Å². The maximum Gasteiger partial charge on any atom is 0.310 e. The second kappa shape index (κ2) is 14.9. The fraction of sp³-hybridized carbons (Fsp3) is 0.459. The summed E-state index contributed by atoms with van der Waals surface area (Å²) in [5, 5.41) is 0. The van der Waals surface area contributed by atoms with E-state index in [1.807, 2.05) is 63.2 Å². The summed E-state index contributed by atoms with van der Waals surface area (Å²) in [5.74, 6) is 0.0237. The smallest absolute Gasteiger partial charge is 0.310 e. The number of para-hydroxylation sites is 1. The second-order valence-electron chi connectivity index (χ2n) is 13.3. The van der Waals surface area contributed by atoms with Gasteiger partial charge in [-0.25, -0.2) is 4.39 Å². The zero-order valence-corrected chi connectivity index (χ0v) is 27.2. The molecule has 3 aromatic carbocycles. The van der Waals surface area contributed by atoms with Crippen LogP contribution in [0, 0.1) is 5.82 Å². The van der Waals surface area contributed by atoms with E-state index >= 15 is 4.39 Å². The quantitative estimate of drug-likeness (QED) is 0.191. The van der Waals surface area contributed by atoms with E-state index in [1.165, 1.54) is 0 Å². The zero-order chi connectivity index (χ0) is 32.6. The average Bonchev–Trinajstić information content (AvgIpc) is 3.47. The molecule has 1 atom stereocenters. The Morgan fingerprint density at radius 3 is 2.29 bits per heavy atom. The highest BCUT2D eigenvalue weighted by Gasteiger charge is 2.21. The molecule has 0 aromatic heterocycles. The van der Waals surface area contributed by atoms with Crippen molar-refractivity contribution in [1.29, 1.82) is 0 Å². The molecule has 0 bridgehead atoms. The molecule has 0 aliphatic carbocycles. The number of hydrogen-bond donors (Lipinski definition) is 0. The normalized spacial score (nSPS) is 15.0. The van der Waals surface area contributed by atoms with Gasteiger partial charge in [0, 0.05) is 24.2 Å². The third kappa shape index (κ3) is 10.9. The first-order valence-corrected chi connectivity index (χ1v) is 15.6. The van der Waals surface area contributed by atoms with E-state index in [2.05, 4.69) is 0 Å². The van der Waals surface area contributed by atoms with Gasteiger partial charge in [0.1, 0.15) is 41.7 Å². The van der Waals surface area contributed by atoms with E-state index < -0.39 is 17.0 Å². The van der Waals surface area contributed by atoms with Gasteiger partial charge in [-0.1, -0.05) is 36.4 Å². The van der Waals surface area contributed by atoms with Crippen LogP contribution in [-0.2, 0) is 43.2 Å². The van der Waals surface area contributed by atoms with Crippen LogP contribution in [0.3, 0.4) is 0 Å². The molecule has 0 N–H and O–H groups in total. The first-order valence-electron chi connectivity index (χ1n) is 15.6. The number of ether oxygens (including phenoxy) is 5. The summed E-state index contributed by atoms with van der Waals surface area (Å²) in [6.45, 7) is 12.2. The number of carbonyl (C=O) groups is 2. The Hall–Kier alpha value is -3.91. The summed E-state index contributed by atoms with van der Waals surface area (Å²) in [7, 11) is 0. The van der Waals surface area contributed by atoms with Crippen molar-refractivity contribution < 1.29 is 37.7 Å². The number of carbonyl (C=O) groups excluding carboxylic acids is 2. The molecule has 1 heterocycles. The average molecular weight is 621 g/mol. The summed E-state index contributed by atoms with van der Waals surface area (Å²) in [6.07, 6.45) is 2.30. The largest absolute Gasteiger partial charge is 0.491 e. The van der Waals surface area contributed by atoms with E-state index in [9.17, 15) is 9.59 Å². The minimum Gasteiger partial charge on any atom is -0.491 e. The minimum absolute atomic E-state index is 0.0148. The molecule has 0 spiro atoms. The van der Waals surface area contributed by atoms with Crippen molar-refractivity contribution in [3.8, 4) is 22.6 Å². The Bertz CT molecular complexity index is 1460. The molecule has 1 aliphatic rings. The molecule has 1 fully saturated rings. The minimum atomic E-state index is -0.601. The van der Waals surface area contributed by atoms with E-state index in [4.69, 9.17) is 23.7 Å². The molecule has 0 saturated carbocycles. The summed E-state index contributed by atoms with van der Waals surface area (Å²) < 4.78 is 44.9. The fourth-order valence-electron chi connectivity index (χ4n) is 5.06. The predicted molar refractivity (Wildman–Crippen MR) is 171 cm³/mol. The standard InChI is InChI=1S/C37H45FO7/c1-36(2,3)44-33(39)17-16-26-12-9-14-31(35(26)38)28-19-25(20-30(21-28)42-24-29-13-10-18-41-29)23-43-32-15-8-7-11-27(32)22-34(40)45-37(4,5)6/h7-9,11-12,14-15,19-21,29H,10,13,16-18,22-24H2,1-6H3/t29-/m1/s1. The molecule has 45 heavy (non-hydrogen) atoms. The first-order chi connectivity index (χ1) is 21.3. The van der Waals surface area contributed by atoms with Crippen LogP contribution >= 0.6 is 0 Å². The third-order valence-electron chi connectivity index (χ3n) is 6.96. The van der Waals surface area contributed by atoms with Crippen molar-refractivity contribution in [3.63, 3.8) is 0 Å². The van der Waals surface area contributed by atoms with Crippen LogP contribution in [0.2, 0.25) is 0 Å². The van der Waals surface area contributed by atoms with Gasteiger partial charge in [-0.2, -0.15) is 0 Å². The molecule has 0 radical (unpaired) electrons. The van der Waals surface area contributed by atoms with E-state index in [1.54, 1.807) is 39.0 Å². The molecule has 0 unspecified atom stereocenters. The molecular weight excluding hydrogens is 575 g/mol. The molecule has 0 amide bonds. The number of benzene rings is 3. The lowest BCUT2D eigenvalue weighted by Gasteiger charge is -2.20. The van der Waals surface area contributed by atoms with Gasteiger partial charge >= 0.3 is 11.9 Å². The third-order valence-corrected chi connectivity index (χ3v) is 6.96. The van der Waals surface area contributed by atoms with E-state index in [0.29, 0.717) is 40.4 Å². The Balaban J connectivity index is 1.56. The van der Waals surface area contributed by atoms with Gasteiger partial charge in [-0.15, -0.1) is 0 Å². The molecule has 1 aliphatic heterocycles. The van der Waals surface area contributed by atoms with Crippen LogP contribution in [0.5, 0.6) is 11.5 Å². The van der Waals surface area contributed by atoms with Gasteiger partial charge in [0.05, 0.1) is 12.5 Å². The predicted octanol–water partition coefficient (Wildman–Crippen LogP) is 7.79. The highest BCUT2D eigenvalue weighted by atomic mass is 19.1. The Morgan fingerprint density at radius 2 is 1.58 bits per heavy atom. The van der Waals surface area contributed by atoms with Gasteiger partial charge in [-0.3, -0.25) is 9.59 Å². The van der Waals surface area contributed by atoms with Gasteiger partial charge in [0.25, 0.3) is 0 Å². The lowest BCUT2D eigenvalue weighted by molar-refractivity contribution is -0.155. The maximum absolute atomic E-state index is 15.9. The lowest BCUT2D eigenvalue weighted by atomic mass is 9.98. The summed E-state index contributed by atoms with van der Waals surface area (Å²) in [4.78, 5) is 24.8. The molecule has 8 heteroatoms. The lowest BCUT2D eigenvalue weighted by Crippen LogP contribution is -2.25. The first kappa shape index (κ1) is 34.0. The van der Waals surface area contributed by atoms with Crippen molar-refractivity contribution in [3.05, 3.63) is 83.2 Å². The van der Waals surface area contributed by atoms with Crippen molar-refractivity contribution >= 4 is 11.9 Å². The Kier molecular flexibility index (Phi) is 11.3. The van der Waals surface area contributed by atoms with Crippen LogP contribution in [-0.4, -0.2) is 42.5 Å². The van der Waals surface area contributed by atoms with Gasteiger partial charge in [0.2, 0.25) is 0 Å². The number of esters is 2. The van der Waals surface area contributed by atoms with Crippen LogP contribution < -0.4 is 9.47 Å². The molecular formula is C37H45FO7. The number of rotatable bonds is 12. The van der Waals surface area contributed by atoms with Crippen LogP contribution in [0.1, 0.15) is 77.5 Å². The summed E-state index contributed by atoms with van der Waals surface area (Å²) in [5.41, 5.74) is 1.73. The number of halogens is 1. The van der Waals surface area contributed by atoms with Crippen molar-refractivity contribution in [2.75, 3.05) is 13.2 Å². The van der Waals surface area contributed by atoms with Crippen LogP contribution in [0.25, 0.3) is 11.1 Å². The SMILES string of the molecule is CC(C)(C)OC(=O)CCc1cccc(-c2cc(COc3ccccc3CC(=O)OC(C)(C)C)cc(OC[C@H]3CCCO3)c2)c1F. The van der Waals surface area contributed by atoms with E-state index in [-0.39, 0.29) is 43.9 Å². The Labute approximate surface area is 266 Å². The molecule has 7 nitrogen and oxygen atoms in total. The summed E-state index contributed by atoms with van der Waals surface area (Å²) >= 11 is 0. The zero-order valence-electron chi connectivity index (χ0n) is 27.2. The molecule has 242 valence electrons. The van der Waals surface area contributed by atoms with Crippen LogP contribution in [0.4, 0.5) is 4.39 Å². The highest BCUT2D eigenvalue weighted by molar-refractivity contribution is 5.74. The summed E-state index contributed by atoms with van der Waals surface area (Å²) in [6, 6.07) is 18.1. The fourth-order valence-corrected chi connectivity index (χ4v) is 5.06. The van der Waals surface area contributed by atoms with Crippen molar-refractivity contribution in [2.45, 2.75) is 97.6 Å². The van der Waals surface area contributed by atoms with Gasteiger partial charge < -0.3 is 23.7 Å². The molecule has 3 aromatic rings. The van der Waals surface area contributed by atoms with Crippen molar-refractivity contribution in [1.82, 2.24) is 0 Å². The molecule has 1 saturated heterocycles. The number of hydrogen-bond acceptors (Lipinski definition) is 7. The molecule has 4 rings (SSSR count). The maximum atomic E-state index is 15.9. The van der Waals surface area contributed by atoms with E-state index in [0.717, 1.165) is 25.0 Å². The highest BCUT2D eigenvalue weighted by Crippen LogP contribution is 2.32. The van der Waals surface area contributed by atoms with Crippen molar-refractivity contribution in [2.24, 2.45) is 0 Å². The van der Waals surface area contributed by atoms with Gasteiger partial charge in [0.15, 0.2) is 0 Å². The van der Waals surface area contributed by atoms with Gasteiger partial charge in [-0.05, 0) is 102 Å². The monoisotopic (exact) mass is 620 g/mol. The van der Waals surface area contributed by atoms with Crippen LogP contribution in [0.15, 0.2) is 60.7 Å².